The van der Waals surface area contributed by atoms with Gasteiger partial charge in [0, 0.05) is 27.8 Å². The summed E-state index contributed by atoms with van der Waals surface area (Å²) in [6, 6.07) is 3.96. The molecule has 2 aromatic heterocycles. The first-order chi connectivity index (χ1) is 12.6. The van der Waals surface area contributed by atoms with Gasteiger partial charge in [0.15, 0.2) is 5.78 Å². The monoisotopic (exact) mass is 406 g/mol. The van der Waals surface area contributed by atoms with Crippen molar-refractivity contribution in [3.8, 4) is 0 Å². The Bertz CT molecular complexity index is 1000. The molecule has 7 heteroatoms. The van der Waals surface area contributed by atoms with E-state index in [1.54, 1.807) is 11.3 Å². The molecular formula is C20H26N2O3S2. The van der Waals surface area contributed by atoms with E-state index in [0.29, 0.717) is 15.7 Å². The lowest BCUT2D eigenvalue weighted by molar-refractivity contribution is -0.122. The van der Waals surface area contributed by atoms with E-state index in [1.807, 2.05) is 52.8 Å². The summed E-state index contributed by atoms with van der Waals surface area (Å²) in [5, 5.41) is 2.78. The summed E-state index contributed by atoms with van der Waals surface area (Å²) in [6.07, 6.45) is 4.13. The molecule has 5 nitrogen and oxygen atoms in total. The van der Waals surface area contributed by atoms with Gasteiger partial charge in [-0.05, 0) is 31.6 Å². The highest BCUT2D eigenvalue weighted by Crippen LogP contribution is 2.16. The Kier molecular flexibility index (Phi) is 6.95. The van der Waals surface area contributed by atoms with Crippen molar-refractivity contribution in [3.63, 3.8) is 0 Å². The lowest BCUT2D eigenvalue weighted by Gasteiger charge is -2.12. The average molecular weight is 407 g/mol. The number of carbonyl (C=O) groups is 2. The SMILES string of the molecule is CCCNC(=O)Cn1c(=O)/c(=C\c2ccc(C)s2)s/c1=C\C(=O)C(C)(C)C. The Morgan fingerprint density at radius 1 is 1.22 bits per heavy atom. The Morgan fingerprint density at radius 2 is 1.93 bits per heavy atom. The molecule has 2 rings (SSSR count). The highest BCUT2D eigenvalue weighted by molar-refractivity contribution is 7.13. The first kappa shape index (κ1) is 21.3. The van der Waals surface area contributed by atoms with Crippen molar-refractivity contribution in [2.24, 2.45) is 5.41 Å². The van der Waals surface area contributed by atoms with Crippen LogP contribution in [0, 0.1) is 12.3 Å². The molecule has 0 spiro atoms. The number of amides is 1. The summed E-state index contributed by atoms with van der Waals surface area (Å²) in [7, 11) is 0. The summed E-state index contributed by atoms with van der Waals surface area (Å²) in [4.78, 5) is 39.6. The number of carbonyl (C=O) groups excluding carboxylic acids is 2. The Hall–Kier alpha value is -1.99. The van der Waals surface area contributed by atoms with Gasteiger partial charge in [0.05, 0.1) is 4.53 Å². The van der Waals surface area contributed by atoms with Crippen molar-refractivity contribution in [2.75, 3.05) is 6.54 Å². The number of nitrogens with one attached hydrogen (secondary N) is 1. The van der Waals surface area contributed by atoms with Crippen LogP contribution in [0.15, 0.2) is 16.9 Å². The van der Waals surface area contributed by atoms with Gasteiger partial charge in [0.2, 0.25) is 5.91 Å². The van der Waals surface area contributed by atoms with Crippen LogP contribution < -0.4 is 20.1 Å². The summed E-state index contributed by atoms with van der Waals surface area (Å²) in [6.45, 7) is 9.94. The zero-order valence-corrected chi connectivity index (χ0v) is 18.1. The quantitative estimate of drug-likeness (QED) is 0.798. The van der Waals surface area contributed by atoms with Crippen molar-refractivity contribution in [3.05, 3.63) is 41.4 Å². The molecule has 0 fully saturated rings. The topological polar surface area (TPSA) is 68.2 Å². The van der Waals surface area contributed by atoms with Crippen LogP contribution >= 0.6 is 22.7 Å². The van der Waals surface area contributed by atoms with E-state index in [4.69, 9.17) is 0 Å². The second-order valence-corrected chi connectivity index (χ2v) is 9.78. The standard InChI is InChI=1S/C20H26N2O3S2/c1-6-9-21-17(24)12-22-18(11-16(23)20(3,4)5)27-15(19(22)25)10-14-8-7-13(2)26-14/h7-8,10-11H,6,9,12H2,1-5H3,(H,21,24)/b15-10+,18-11-. The molecule has 0 radical (unpaired) electrons. The van der Waals surface area contributed by atoms with Gasteiger partial charge in [0.1, 0.15) is 11.2 Å². The van der Waals surface area contributed by atoms with Crippen LogP contribution in [0.2, 0.25) is 0 Å². The molecule has 0 aliphatic carbocycles. The number of aryl methyl sites for hydroxylation is 1. The highest BCUT2D eigenvalue weighted by atomic mass is 32.1. The summed E-state index contributed by atoms with van der Waals surface area (Å²) >= 11 is 2.84. The van der Waals surface area contributed by atoms with Crippen molar-refractivity contribution in [1.29, 1.82) is 0 Å². The fourth-order valence-corrected chi connectivity index (χ4v) is 4.17. The fraction of sp³-hybridized carbons (Fsp3) is 0.450. The Morgan fingerprint density at radius 3 is 2.48 bits per heavy atom. The highest BCUT2D eigenvalue weighted by Gasteiger charge is 2.20. The molecule has 1 N–H and O–H groups in total. The molecule has 0 unspecified atom stereocenters. The van der Waals surface area contributed by atoms with Crippen molar-refractivity contribution in [1.82, 2.24) is 9.88 Å². The zero-order valence-electron chi connectivity index (χ0n) is 16.4. The molecule has 2 aromatic rings. The van der Waals surface area contributed by atoms with Crippen LogP contribution in [0.1, 0.15) is 43.9 Å². The van der Waals surface area contributed by atoms with Crippen LogP contribution in [0.25, 0.3) is 12.2 Å². The lowest BCUT2D eigenvalue weighted by atomic mass is 9.91. The normalized spacial score (nSPS) is 13.2. The molecule has 0 saturated carbocycles. The number of aromatic nitrogens is 1. The van der Waals surface area contributed by atoms with Gasteiger partial charge in [-0.3, -0.25) is 19.0 Å². The van der Waals surface area contributed by atoms with E-state index >= 15 is 0 Å². The van der Waals surface area contributed by atoms with Gasteiger partial charge >= 0.3 is 0 Å². The lowest BCUT2D eigenvalue weighted by Crippen LogP contribution is -2.38. The second kappa shape index (κ2) is 8.80. The number of hydrogen-bond donors (Lipinski definition) is 1. The van der Waals surface area contributed by atoms with Crippen LogP contribution in [0.4, 0.5) is 0 Å². The van der Waals surface area contributed by atoms with Gasteiger partial charge in [-0.1, -0.05) is 27.7 Å². The maximum absolute atomic E-state index is 12.9. The third kappa shape index (κ3) is 5.74. The molecule has 0 aliphatic rings. The van der Waals surface area contributed by atoms with Gasteiger partial charge in [-0.25, -0.2) is 0 Å². The van der Waals surface area contributed by atoms with E-state index in [1.165, 1.54) is 22.0 Å². The van der Waals surface area contributed by atoms with Crippen molar-refractivity contribution >= 4 is 46.5 Å². The molecule has 0 aliphatic heterocycles. The van der Waals surface area contributed by atoms with Gasteiger partial charge in [0.25, 0.3) is 5.56 Å². The first-order valence-corrected chi connectivity index (χ1v) is 10.6. The third-order valence-corrected chi connectivity index (χ3v) is 5.85. The number of nitrogens with zero attached hydrogens (tertiary/aromatic N) is 1. The Labute approximate surface area is 167 Å². The number of thiophene rings is 1. The largest absolute Gasteiger partial charge is 0.355 e. The maximum Gasteiger partial charge on any atom is 0.269 e. The second-order valence-electron chi connectivity index (χ2n) is 7.40. The molecule has 2 heterocycles. The van der Waals surface area contributed by atoms with Crippen LogP contribution in [0.3, 0.4) is 0 Å². The van der Waals surface area contributed by atoms with Crippen molar-refractivity contribution in [2.45, 2.75) is 47.6 Å². The number of hydrogen-bond acceptors (Lipinski definition) is 5. The number of thiazole rings is 1. The predicted octanol–water partition coefficient (Wildman–Crippen LogP) is 2.03. The van der Waals surface area contributed by atoms with E-state index < -0.39 is 5.41 Å². The van der Waals surface area contributed by atoms with Crippen LogP contribution in [0.5, 0.6) is 0 Å². The maximum atomic E-state index is 12.9. The van der Waals surface area contributed by atoms with E-state index in [0.717, 1.165) is 16.2 Å². The van der Waals surface area contributed by atoms with Gasteiger partial charge < -0.3 is 5.32 Å². The molecule has 0 bridgehead atoms. The summed E-state index contributed by atoms with van der Waals surface area (Å²) in [5.74, 6) is -0.307. The van der Waals surface area contributed by atoms with E-state index in [9.17, 15) is 14.4 Å². The third-order valence-electron chi connectivity index (χ3n) is 3.84. The molecule has 0 saturated heterocycles. The molecule has 0 aromatic carbocycles. The zero-order chi connectivity index (χ0) is 20.2. The molecule has 0 atom stereocenters. The average Bonchev–Trinajstić information content (AvgIpc) is 3.10. The fourth-order valence-electron chi connectivity index (χ4n) is 2.25. The summed E-state index contributed by atoms with van der Waals surface area (Å²) in [5.41, 5.74) is -0.796. The van der Waals surface area contributed by atoms with Crippen LogP contribution in [-0.4, -0.2) is 22.8 Å². The van der Waals surface area contributed by atoms with Crippen LogP contribution in [-0.2, 0) is 16.1 Å². The number of ketones is 1. The molecule has 27 heavy (non-hydrogen) atoms. The molecular weight excluding hydrogens is 380 g/mol. The molecule has 146 valence electrons. The Balaban J connectivity index is 2.56. The van der Waals surface area contributed by atoms with E-state index in [-0.39, 0.29) is 23.8 Å². The minimum Gasteiger partial charge on any atom is -0.355 e. The predicted molar refractivity (Wildman–Crippen MR) is 113 cm³/mol. The van der Waals surface area contributed by atoms with Crippen molar-refractivity contribution < 1.29 is 9.59 Å². The van der Waals surface area contributed by atoms with Gasteiger partial charge in [-0.15, -0.1) is 22.7 Å². The number of rotatable bonds is 6. The smallest absolute Gasteiger partial charge is 0.269 e. The van der Waals surface area contributed by atoms with E-state index in [2.05, 4.69) is 5.32 Å². The molecule has 1 amide bonds. The minimum atomic E-state index is -0.552. The minimum absolute atomic E-state index is 0.0787. The van der Waals surface area contributed by atoms with Gasteiger partial charge in [-0.2, -0.15) is 0 Å². The summed E-state index contributed by atoms with van der Waals surface area (Å²) < 4.78 is 2.42. The first-order valence-electron chi connectivity index (χ1n) is 8.92. The number of Topliss-reactive ketones (excluding diaryl/α,β-unsaturated/α-hetero) is 1.